The number of methoxy groups -OCH3 is 1. The molecular formula is C18H24N2O4. The van der Waals surface area contributed by atoms with Crippen LogP contribution in [0, 0.1) is 5.92 Å². The lowest BCUT2D eigenvalue weighted by Crippen LogP contribution is -2.40. The summed E-state index contributed by atoms with van der Waals surface area (Å²) in [4.78, 5) is 25.8. The fourth-order valence-corrected chi connectivity index (χ4v) is 2.52. The molecule has 1 aliphatic rings. The quantitative estimate of drug-likeness (QED) is 0.665. The fraction of sp³-hybridized carbons (Fsp3) is 0.444. The lowest BCUT2D eigenvalue weighted by Gasteiger charge is -2.31. The molecule has 1 aromatic carbocycles. The molecule has 1 amide bonds. The number of nitrogen functional groups attached to an aromatic ring is 1. The van der Waals surface area contributed by atoms with Crippen LogP contribution >= 0.6 is 0 Å². The van der Waals surface area contributed by atoms with Crippen LogP contribution in [0.25, 0.3) is 5.57 Å². The SMILES string of the molecule is COC(=O)C1CC(c2ccc(N)cc2)=CN(C(=O)OC(C)(C)C)C1. The number of benzene rings is 1. The van der Waals surface area contributed by atoms with Crippen LogP contribution in [0.4, 0.5) is 10.5 Å². The Kier molecular flexibility index (Phi) is 5.17. The van der Waals surface area contributed by atoms with Gasteiger partial charge < -0.3 is 15.2 Å². The highest BCUT2D eigenvalue weighted by atomic mass is 16.6. The highest BCUT2D eigenvalue weighted by Crippen LogP contribution is 2.30. The Morgan fingerprint density at radius 3 is 2.38 bits per heavy atom. The van der Waals surface area contributed by atoms with Gasteiger partial charge in [0.2, 0.25) is 0 Å². The van der Waals surface area contributed by atoms with Crippen LogP contribution in [0.5, 0.6) is 0 Å². The molecule has 6 nitrogen and oxygen atoms in total. The fourth-order valence-electron chi connectivity index (χ4n) is 2.52. The average molecular weight is 332 g/mol. The van der Waals surface area contributed by atoms with Crippen molar-refractivity contribution in [1.82, 2.24) is 4.90 Å². The molecule has 1 heterocycles. The van der Waals surface area contributed by atoms with Gasteiger partial charge in [0.05, 0.1) is 13.0 Å². The van der Waals surface area contributed by atoms with Crippen LogP contribution < -0.4 is 5.73 Å². The van der Waals surface area contributed by atoms with Gasteiger partial charge in [-0.2, -0.15) is 0 Å². The van der Waals surface area contributed by atoms with E-state index in [-0.39, 0.29) is 12.5 Å². The maximum atomic E-state index is 12.4. The zero-order valence-electron chi connectivity index (χ0n) is 14.5. The number of ether oxygens (including phenoxy) is 2. The maximum Gasteiger partial charge on any atom is 0.414 e. The van der Waals surface area contributed by atoms with E-state index in [1.54, 1.807) is 39.1 Å². The second-order valence-electron chi connectivity index (χ2n) is 6.83. The molecule has 0 bridgehead atoms. The van der Waals surface area contributed by atoms with Gasteiger partial charge in [0.15, 0.2) is 0 Å². The van der Waals surface area contributed by atoms with Crippen molar-refractivity contribution in [2.45, 2.75) is 32.8 Å². The minimum absolute atomic E-state index is 0.236. The smallest absolute Gasteiger partial charge is 0.414 e. The van der Waals surface area contributed by atoms with E-state index in [2.05, 4.69) is 0 Å². The number of carbonyl (C=O) groups excluding carboxylic acids is 2. The summed E-state index contributed by atoms with van der Waals surface area (Å²) in [5.41, 5.74) is 7.54. The van der Waals surface area contributed by atoms with Gasteiger partial charge in [0, 0.05) is 18.4 Å². The van der Waals surface area contributed by atoms with E-state index in [9.17, 15) is 9.59 Å². The Balaban J connectivity index is 2.31. The van der Waals surface area contributed by atoms with Gasteiger partial charge in [-0.05, 0) is 50.5 Å². The summed E-state index contributed by atoms with van der Waals surface area (Å²) in [6, 6.07) is 7.31. The molecule has 1 aromatic rings. The van der Waals surface area contributed by atoms with Crippen molar-refractivity contribution in [3.05, 3.63) is 36.0 Å². The Hall–Kier alpha value is -2.50. The normalized spacial score (nSPS) is 17.9. The maximum absolute atomic E-state index is 12.4. The van der Waals surface area contributed by atoms with Crippen LogP contribution in [0.1, 0.15) is 32.8 Å². The minimum Gasteiger partial charge on any atom is -0.469 e. The summed E-state index contributed by atoms with van der Waals surface area (Å²) < 4.78 is 10.3. The van der Waals surface area contributed by atoms with Crippen molar-refractivity contribution in [3.8, 4) is 0 Å². The summed E-state index contributed by atoms with van der Waals surface area (Å²) in [5, 5.41) is 0. The van der Waals surface area contributed by atoms with E-state index in [0.717, 1.165) is 11.1 Å². The molecule has 6 heteroatoms. The van der Waals surface area contributed by atoms with Crippen molar-refractivity contribution >= 4 is 23.3 Å². The number of hydrogen-bond acceptors (Lipinski definition) is 5. The van der Waals surface area contributed by atoms with Crippen LogP contribution in [0.15, 0.2) is 30.5 Å². The molecule has 0 saturated heterocycles. The van der Waals surface area contributed by atoms with Gasteiger partial charge in [-0.1, -0.05) is 12.1 Å². The van der Waals surface area contributed by atoms with Gasteiger partial charge in [0.25, 0.3) is 0 Å². The van der Waals surface area contributed by atoms with Crippen LogP contribution in [-0.4, -0.2) is 36.2 Å². The number of amides is 1. The largest absolute Gasteiger partial charge is 0.469 e. The topological polar surface area (TPSA) is 81.9 Å². The third-order valence-corrected chi connectivity index (χ3v) is 3.64. The van der Waals surface area contributed by atoms with Gasteiger partial charge in [-0.25, -0.2) is 4.79 Å². The van der Waals surface area contributed by atoms with Gasteiger partial charge >= 0.3 is 12.1 Å². The number of carbonyl (C=O) groups is 2. The molecule has 1 atom stereocenters. The van der Waals surface area contributed by atoms with Crippen molar-refractivity contribution in [3.63, 3.8) is 0 Å². The van der Waals surface area contributed by atoms with Crippen LogP contribution in [0.2, 0.25) is 0 Å². The average Bonchev–Trinajstić information content (AvgIpc) is 2.52. The van der Waals surface area contributed by atoms with Gasteiger partial charge in [0.1, 0.15) is 5.60 Å². The third kappa shape index (κ3) is 4.50. The van der Waals surface area contributed by atoms with E-state index >= 15 is 0 Å². The molecule has 0 saturated carbocycles. The van der Waals surface area contributed by atoms with Crippen molar-refractivity contribution in [2.24, 2.45) is 5.92 Å². The number of nitrogens with zero attached hydrogens (tertiary/aromatic N) is 1. The Bertz CT molecular complexity index is 644. The molecule has 0 aromatic heterocycles. The van der Waals surface area contributed by atoms with Crippen LogP contribution in [0.3, 0.4) is 0 Å². The first kappa shape index (κ1) is 17.8. The van der Waals surface area contributed by atoms with Crippen molar-refractivity contribution < 1.29 is 19.1 Å². The van der Waals surface area contributed by atoms with E-state index in [0.29, 0.717) is 12.1 Å². The summed E-state index contributed by atoms with van der Waals surface area (Å²) in [7, 11) is 1.35. The second-order valence-corrected chi connectivity index (χ2v) is 6.83. The zero-order valence-corrected chi connectivity index (χ0v) is 14.5. The molecular weight excluding hydrogens is 308 g/mol. The number of esters is 1. The molecule has 0 spiro atoms. The zero-order chi connectivity index (χ0) is 17.9. The first-order valence-corrected chi connectivity index (χ1v) is 7.83. The lowest BCUT2D eigenvalue weighted by molar-refractivity contribution is -0.145. The van der Waals surface area contributed by atoms with E-state index in [4.69, 9.17) is 15.2 Å². The predicted molar refractivity (Wildman–Crippen MR) is 91.9 cm³/mol. The summed E-state index contributed by atoms with van der Waals surface area (Å²) in [5.74, 6) is -0.773. The summed E-state index contributed by atoms with van der Waals surface area (Å²) in [6.45, 7) is 5.64. The number of anilines is 1. The number of nitrogens with two attached hydrogens (primary N) is 1. The number of hydrogen-bond donors (Lipinski definition) is 1. The molecule has 130 valence electrons. The highest BCUT2D eigenvalue weighted by Gasteiger charge is 2.32. The Labute approximate surface area is 142 Å². The molecule has 24 heavy (non-hydrogen) atoms. The molecule has 2 rings (SSSR count). The summed E-state index contributed by atoms with van der Waals surface area (Å²) in [6.07, 6.45) is 1.75. The van der Waals surface area contributed by atoms with Crippen LogP contribution in [-0.2, 0) is 14.3 Å². The van der Waals surface area contributed by atoms with Crippen molar-refractivity contribution in [1.29, 1.82) is 0 Å². The van der Waals surface area contributed by atoms with Crippen molar-refractivity contribution in [2.75, 3.05) is 19.4 Å². The number of allylic oxidation sites excluding steroid dienone is 1. The standard InChI is InChI=1S/C18H24N2O4/c1-18(2,3)24-17(22)20-10-13(9-14(11-20)16(21)23-4)12-5-7-15(19)8-6-12/h5-8,10,14H,9,11,19H2,1-4H3. The Morgan fingerprint density at radius 2 is 1.83 bits per heavy atom. The molecule has 1 unspecified atom stereocenters. The van der Waals surface area contributed by atoms with Gasteiger partial charge in [-0.3, -0.25) is 9.69 Å². The number of rotatable bonds is 2. The Morgan fingerprint density at radius 1 is 1.21 bits per heavy atom. The minimum atomic E-state index is -0.607. The first-order chi connectivity index (χ1) is 11.2. The van der Waals surface area contributed by atoms with E-state index in [1.807, 2.05) is 12.1 Å². The third-order valence-electron chi connectivity index (χ3n) is 3.64. The monoisotopic (exact) mass is 332 g/mol. The highest BCUT2D eigenvalue weighted by molar-refractivity contribution is 5.81. The molecule has 2 N–H and O–H groups in total. The molecule has 0 fully saturated rings. The molecule has 1 aliphatic heterocycles. The van der Waals surface area contributed by atoms with Gasteiger partial charge in [-0.15, -0.1) is 0 Å². The molecule has 0 radical (unpaired) electrons. The second kappa shape index (κ2) is 6.95. The molecule has 0 aliphatic carbocycles. The van der Waals surface area contributed by atoms with E-state index in [1.165, 1.54) is 12.0 Å². The predicted octanol–water partition coefficient (Wildman–Crippen LogP) is 3.04. The van der Waals surface area contributed by atoms with E-state index < -0.39 is 17.6 Å². The summed E-state index contributed by atoms with van der Waals surface area (Å²) >= 11 is 0. The lowest BCUT2D eigenvalue weighted by atomic mass is 9.91. The first-order valence-electron chi connectivity index (χ1n) is 7.83.